The van der Waals surface area contributed by atoms with Crippen molar-refractivity contribution in [1.29, 1.82) is 0 Å². The molecule has 2 N–H and O–H groups in total. The number of hydrogen-bond donors (Lipinski definition) is 2. The van der Waals surface area contributed by atoms with Crippen LogP contribution in [-0.4, -0.2) is 60.4 Å². The summed E-state index contributed by atoms with van der Waals surface area (Å²) in [6.45, 7) is 0.666. The van der Waals surface area contributed by atoms with Gasteiger partial charge in [-0.2, -0.15) is 15.0 Å². The Bertz CT molecular complexity index is 407. The van der Waals surface area contributed by atoms with Gasteiger partial charge in [0, 0.05) is 33.7 Å². The van der Waals surface area contributed by atoms with Gasteiger partial charge in [0.25, 0.3) is 0 Å². The molecule has 1 aromatic rings. The summed E-state index contributed by atoms with van der Waals surface area (Å²) in [6.07, 6.45) is 2.27. The number of rotatable bonds is 6. The smallest absolute Gasteiger partial charge is 0.232 e. The second-order valence-electron chi connectivity index (χ2n) is 4.55. The van der Waals surface area contributed by atoms with E-state index < -0.39 is 0 Å². The molecular weight excluding hydrogens is 232 g/mol. The molecule has 0 bridgehead atoms. The summed E-state index contributed by atoms with van der Waals surface area (Å²) in [5, 5.41) is 12.1. The zero-order valence-corrected chi connectivity index (χ0v) is 11.1. The van der Waals surface area contributed by atoms with E-state index in [1.807, 2.05) is 19.0 Å². The third-order valence-corrected chi connectivity index (χ3v) is 2.82. The van der Waals surface area contributed by atoms with E-state index in [0.29, 0.717) is 30.4 Å². The summed E-state index contributed by atoms with van der Waals surface area (Å²) >= 11 is 0. The molecule has 100 valence electrons. The number of aromatic nitrogens is 3. The predicted molar refractivity (Wildman–Crippen MR) is 71.2 cm³/mol. The lowest BCUT2D eigenvalue weighted by atomic mass is 10.5. The van der Waals surface area contributed by atoms with Crippen molar-refractivity contribution in [2.45, 2.75) is 18.9 Å². The summed E-state index contributed by atoms with van der Waals surface area (Å²) in [6, 6.07) is 0.458. The maximum Gasteiger partial charge on any atom is 0.232 e. The Morgan fingerprint density at radius 3 is 2.39 bits per heavy atom. The summed E-state index contributed by atoms with van der Waals surface area (Å²) in [7, 11) is 5.57. The van der Waals surface area contributed by atoms with Crippen LogP contribution in [-0.2, 0) is 0 Å². The summed E-state index contributed by atoms with van der Waals surface area (Å²) in [5.74, 6) is 1.80. The van der Waals surface area contributed by atoms with Gasteiger partial charge in [0.2, 0.25) is 17.8 Å². The molecule has 0 radical (unpaired) electrons. The van der Waals surface area contributed by atoms with Crippen LogP contribution in [0.1, 0.15) is 12.8 Å². The topological polar surface area (TPSA) is 77.4 Å². The minimum atomic E-state index is 0.106. The Morgan fingerprint density at radius 2 is 1.89 bits per heavy atom. The highest BCUT2D eigenvalue weighted by atomic mass is 16.3. The lowest BCUT2D eigenvalue weighted by Crippen LogP contribution is -2.31. The number of anilines is 3. The molecule has 1 fully saturated rings. The third kappa shape index (κ3) is 2.79. The Hall–Kier alpha value is -1.63. The molecule has 7 heteroatoms. The van der Waals surface area contributed by atoms with E-state index >= 15 is 0 Å². The van der Waals surface area contributed by atoms with Crippen molar-refractivity contribution in [3.63, 3.8) is 0 Å². The van der Waals surface area contributed by atoms with E-state index in [0.717, 1.165) is 12.8 Å². The van der Waals surface area contributed by atoms with Gasteiger partial charge >= 0.3 is 0 Å². The summed E-state index contributed by atoms with van der Waals surface area (Å²) in [4.78, 5) is 17.0. The maximum absolute atomic E-state index is 9.14. The van der Waals surface area contributed by atoms with E-state index in [9.17, 15) is 0 Å². The van der Waals surface area contributed by atoms with Crippen LogP contribution in [0.2, 0.25) is 0 Å². The number of aliphatic hydroxyl groups excluding tert-OH is 1. The quantitative estimate of drug-likeness (QED) is 0.734. The van der Waals surface area contributed by atoms with E-state index in [1.165, 1.54) is 0 Å². The molecule has 0 unspecified atom stereocenters. The first kappa shape index (κ1) is 12.8. The maximum atomic E-state index is 9.14. The molecular formula is C11H20N6O. The van der Waals surface area contributed by atoms with Crippen molar-refractivity contribution in [2.24, 2.45) is 0 Å². The molecule has 0 amide bonds. The summed E-state index contributed by atoms with van der Waals surface area (Å²) in [5.41, 5.74) is 0. The Kier molecular flexibility index (Phi) is 3.81. The largest absolute Gasteiger partial charge is 0.395 e. The molecule has 1 heterocycles. The van der Waals surface area contributed by atoms with Gasteiger partial charge in [0.15, 0.2) is 0 Å². The molecule has 0 aromatic carbocycles. The predicted octanol–water partition coefficient (Wildman–Crippen LogP) is -0.0596. The zero-order valence-electron chi connectivity index (χ0n) is 11.1. The summed E-state index contributed by atoms with van der Waals surface area (Å²) < 4.78 is 0. The number of hydrogen-bond acceptors (Lipinski definition) is 7. The second-order valence-corrected chi connectivity index (χ2v) is 4.55. The minimum absolute atomic E-state index is 0.106. The molecule has 0 spiro atoms. The van der Waals surface area contributed by atoms with Gasteiger partial charge in [0.05, 0.1) is 6.61 Å². The number of nitrogens with one attached hydrogen (secondary N) is 1. The van der Waals surface area contributed by atoms with E-state index in [4.69, 9.17) is 5.11 Å². The molecule has 18 heavy (non-hydrogen) atoms. The highest BCUT2D eigenvalue weighted by molar-refractivity contribution is 5.45. The SMILES string of the molecule is CNc1nc(N(C)C)nc(N(CCO)C2CC2)n1. The fraction of sp³-hybridized carbons (Fsp3) is 0.727. The van der Waals surface area contributed by atoms with E-state index in [2.05, 4.69) is 25.2 Å². The van der Waals surface area contributed by atoms with Crippen LogP contribution in [0.5, 0.6) is 0 Å². The first-order chi connectivity index (χ1) is 8.65. The van der Waals surface area contributed by atoms with Crippen molar-refractivity contribution in [3.05, 3.63) is 0 Å². The van der Waals surface area contributed by atoms with Gasteiger partial charge in [-0.3, -0.25) is 0 Å². The van der Waals surface area contributed by atoms with Crippen LogP contribution in [0, 0.1) is 0 Å². The number of aliphatic hydroxyl groups is 1. The van der Waals surface area contributed by atoms with Crippen molar-refractivity contribution in [2.75, 3.05) is 49.4 Å². The lowest BCUT2D eigenvalue weighted by Gasteiger charge is -2.22. The second kappa shape index (κ2) is 5.34. The van der Waals surface area contributed by atoms with Crippen LogP contribution >= 0.6 is 0 Å². The van der Waals surface area contributed by atoms with Crippen LogP contribution in [0.15, 0.2) is 0 Å². The van der Waals surface area contributed by atoms with Crippen molar-refractivity contribution in [3.8, 4) is 0 Å². The number of nitrogens with zero attached hydrogens (tertiary/aromatic N) is 5. The molecule has 1 aliphatic rings. The standard InChI is InChI=1S/C11H20N6O/c1-12-9-13-10(16(2)3)15-11(14-9)17(6-7-18)8-4-5-8/h8,18H,4-7H2,1-3H3,(H,12,13,14,15). The Balaban J connectivity index is 2.31. The van der Waals surface area contributed by atoms with Gasteiger partial charge in [-0.15, -0.1) is 0 Å². The van der Waals surface area contributed by atoms with E-state index in [-0.39, 0.29) is 6.61 Å². The van der Waals surface area contributed by atoms with Gasteiger partial charge in [-0.05, 0) is 12.8 Å². The fourth-order valence-electron chi connectivity index (χ4n) is 1.73. The van der Waals surface area contributed by atoms with Crippen LogP contribution in [0.3, 0.4) is 0 Å². The Morgan fingerprint density at radius 1 is 1.22 bits per heavy atom. The zero-order chi connectivity index (χ0) is 13.1. The fourth-order valence-corrected chi connectivity index (χ4v) is 1.73. The molecule has 0 saturated heterocycles. The molecule has 2 rings (SSSR count). The van der Waals surface area contributed by atoms with Gasteiger partial charge < -0.3 is 20.2 Å². The average Bonchev–Trinajstić information content (AvgIpc) is 3.19. The highest BCUT2D eigenvalue weighted by Crippen LogP contribution is 2.30. The van der Waals surface area contributed by atoms with Crippen molar-refractivity contribution < 1.29 is 5.11 Å². The molecule has 1 aromatic heterocycles. The third-order valence-electron chi connectivity index (χ3n) is 2.82. The van der Waals surface area contributed by atoms with Crippen molar-refractivity contribution >= 4 is 17.8 Å². The van der Waals surface area contributed by atoms with Crippen LogP contribution in [0.4, 0.5) is 17.8 Å². The van der Waals surface area contributed by atoms with Crippen molar-refractivity contribution in [1.82, 2.24) is 15.0 Å². The molecule has 1 saturated carbocycles. The van der Waals surface area contributed by atoms with E-state index in [1.54, 1.807) is 7.05 Å². The van der Waals surface area contributed by atoms with Crippen LogP contribution < -0.4 is 15.1 Å². The van der Waals surface area contributed by atoms with Crippen LogP contribution in [0.25, 0.3) is 0 Å². The molecule has 0 atom stereocenters. The lowest BCUT2D eigenvalue weighted by molar-refractivity contribution is 0.300. The monoisotopic (exact) mass is 252 g/mol. The Labute approximate surface area is 107 Å². The first-order valence-corrected chi connectivity index (χ1v) is 6.14. The highest BCUT2D eigenvalue weighted by Gasteiger charge is 2.31. The molecule has 0 aliphatic heterocycles. The average molecular weight is 252 g/mol. The van der Waals surface area contributed by atoms with Gasteiger partial charge in [0.1, 0.15) is 0 Å². The first-order valence-electron chi connectivity index (χ1n) is 6.14. The normalized spacial score (nSPS) is 14.4. The van der Waals surface area contributed by atoms with Gasteiger partial charge in [-0.25, -0.2) is 0 Å². The molecule has 7 nitrogen and oxygen atoms in total. The molecule has 1 aliphatic carbocycles. The minimum Gasteiger partial charge on any atom is -0.395 e. The van der Waals surface area contributed by atoms with Gasteiger partial charge in [-0.1, -0.05) is 0 Å².